The fraction of sp³-hybridized carbons (Fsp3) is 0.722. The van der Waals surface area contributed by atoms with Crippen LogP contribution in [0, 0.1) is 0 Å². The van der Waals surface area contributed by atoms with Crippen LogP contribution in [-0.4, -0.2) is 54.1 Å². The lowest BCUT2D eigenvalue weighted by Crippen LogP contribution is -2.51. The lowest BCUT2D eigenvalue weighted by Gasteiger charge is -2.37. The summed E-state index contributed by atoms with van der Waals surface area (Å²) in [6.45, 7) is 4.42. The lowest BCUT2D eigenvalue weighted by molar-refractivity contribution is -0.0454. The van der Waals surface area contributed by atoms with Gasteiger partial charge in [-0.3, -0.25) is 9.69 Å². The number of fused-ring (bicyclic) bond motifs is 1. The van der Waals surface area contributed by atoms with Crippen molar-refractivity contribution in [2.24, 2.45) is 0 Å². The number of likely N-dealkylation sites (tertiary alicyclic amines) is 1. The maximum absolute atomic E-state index is 12.8. The fourth-order valence-corrected chi connectivity index (χ4v) is 4.24. The van der Waals surface area contributed by atoms with Crippen molar-refractivity contribution in [2.75, 3.05) is 26.2 Å². The Balaban J connectivity index is 1.42. The summed E-state index contributed by atoms with van der Waals surface area (Å²) in [4.78, 5) is 17.2. The number of amides is 1. The second-order valence-electron chi connectivity index (χ2n) is 7.01. The number of carbonyl (C=O) groups is 1. The number of furan rings is 1. The summed E-state index contributed by atoms with van der Waals surface area (Å²) in [7, 11) is 0. The summed E-state index contributed by atoms with van der Waals surface area (Å²) in [5, 5.41) is 0. The first-order valence-corrected chi connectivity index (χ1v) is 9.05. The van der Waals surface area contributed by atoms with Crippen LogP contribution in [0.3, 0.4) is 0 Å². The largest absolute Gasteiger partial charge is 0.455 e. The van der Waals surface area contributed by atoms with Gasteiger partial charge in [0.05, 0.1) is 25.3 Å². The third-order valence-corrected chi connectivity index (χ3v) is 5.44. The van der Waals surface area contributed by atoms with Crippen LogP contribution in [0.2, 0.25) is 0 Å². The summed E-state index contributed by atoms with van der Waals surface area (Å²) in [5.74, 6) is 1.44. The fourth-order valence-electron chi connectivity index (χ4n) is 4.24. The van der Waals surface area contributed by atoms with Gasteiger partial charge in [0.25, 0.3) is 5.91 Å². The van der Waals surface area contributed by atoms with Gasteiger partial charge in [-0.15, -0.1) is 0 Å². The highest BCUT2D eigenvalue weighted by Gasteiger charge is 2.39. The molecular weight excluding hydrogens is 292 g/mol. The second-order valence-corrected chi connectivity index (χ2v) is 7.01. The minimum Gasteiger partial charge on any atom is -0.455 e. The average Bonchev–Trinajstić information content (AvgIpc) is 3.24. The molecule has 0 bridgehead atoms. The third kappa shape index (κ3) is 3.17. The van der Waals surface area contributed by atoms with Crippen LogP contribution in [0.4, 0.5) is 0 Å². The molecular formula is C18H26N2O3. The van der Waals surface area contributed by atoms with Gasteiger partial charge in [0.1, 0.15) is 5.76 Å². The zero-order chi connectivity index (χ0) is 15.6. The molecule has 0 aromatic carbocycles. The van der Waals surface area contributed by atoms with Crippen LogP contribution < -0.4 is 0 Å². The molecule has 4 rings (SSSR count). The molecule has 0 N–H and O–H groups in total. The summed E-state index contributed by atoms with van der Waals surface area (Å²) < 4.78 is 11.7. The van der Waals surface area contributed by atoms with Crippen molar-refractivity contribution in [1.82, 2.24) is 9.80 Å². The van der Waals surface area contributed by atoms with Gasteiger partial charge >= 0.3 is 0 Å². The zero-order valence-corrected chi connectivity index (χ0v) is 13.7. The molecule has 23 heavy (non-hydrogen) atoms. The summed E-state index contributed by atoms with van der Waals surface area (Å²) in [6, 6.07) is 4.06. The zero-order valence-electron chi connectivity index (χ0n) is 13.7. The van der Waals surface area contributed by atoms with Gasteiger partial charge in [0.2, 0.25) is 0 Å². The second kappa shape index (κ2) is 6.65. The molecule has 0 spiro atoms. The summed E-state index contributed by atoms with van der Waals surface area (Å²) in [5.41, 5.74) is 0. The highest BCUT2D eigenvalue weighted by atomic mass is 16.5. The van der Waals surface area contributed by atoms with Gasteiger partial charge in [-0.2, -0.15) is 0 Å². The van der Waals surface area contributed by atoms with Crippen LogP contribution in [0.25, 0.3) is 0 Å². The van der Waals surface area contributed by atoms with Crippen molar-refractivity contribution >= 4 is 5.91 Å². The Labute approximate surface area is 137 Å². The third-order valence-electron chi connectivity index (χ3n) is 5.44. The highest BCUT2D eigenvalue weighted by Crippen LogP contribution is 2.31. The Morgan fingerprint density at radius 2 is 1.96 bits per heavy atom. The van der Waals surface area contributed by atoms with Crippen LogP contribution >= 0.6 is 0 Å². The Morgan fingerprint density at radius 1 is 1.09 bits per heavy atom. The van der Waals surface area contributed by atoms with Crippen molar-refractivity contribution in [2.45, 2.75) is 57.2 Å². The monoisotopic (exact) mass is 318 g/mol. The van der Waals surface area contributed by atoms with Crippen molar-refractivity contribution in [3.63, 3.8) is 0 Å². The minimum absolute atomic E-state index is 0.0371. The quantitative estimate of drug-likeness (QED) is 0.859. The first-order chi connectivity index (χ1) is 11.3. The van der Waals surface area contributed by atoms with Crippen LogP contribution in [0.15, 0.2) is 16.5 Å². The predicted molar refractivity (Wildman–Crippen MR) is 86.3 cm³/mol. The molecule has 3 aliphatic rings. The maximum atomic E-state index is 12.8. The molecule has 2 atom stereocenters. The Bertz CT molecular complexity index is 550. The number of piperidine rings is 1. The molecule has 5 nitrogen and oxygen atoms in total. The molecule has 0 radical (unpaired) electrons. The molecule has 126 valence electrons. The summed E-state index contributed by atoms with van der Waals surface area (Å²) in [6.07, 6.45) is 7.38. The summed E-state index contributed by atoms with van der Waals surface area (Å²) >= 11 is 0. The van der Waals surface area contributed by atoms with Crippen LogP contribution in [-0.2, 0) is 11.3 Å². The highest BCUT2D eigenvalue weighted by molar-refractivity contribution is 5.92. The normalized spacial score (nSPS) is 28.8. The van der Waals surface area contributed by atoms with E-state index in [9.17, 15) is 4.79 Å². The van der Waals surface area contributed by atoms with Crippen molar-refractivity contribution < 1.29 is 13.9 Å². The van der Waals surface area contributed by atoms with Crippen LogP contribution in [0.1, 0.15) is 54.8 Å². The first kappa shape index (κ1) is 15.2. The van der Waals surface area contributed by atoms with E-state index in [4.69, 9.17) is 9.15 Å². The van der Waals surface area contributed by atoms with E-state index in [1.165, 1.54) is 19.3 Å². The van der Waals surface area contributed by atoms with Gasteiger partial charge in [0, 0.05) is 6.54 Å². The van der Waals surface area contributed by atoms with E-state index in [0.29, 0.717) is 18.9 Å². The molecule has 3 fully saturated rings. The van der Waals surface area contributed by atoms with Gasteiger partial charge in [0.15, 0.2) is 5.76 Å². The number of ether oxygens (including phenoxy) is 1. The van der Waals surface area contributed by atoms with E-state index in [2.05, 4.69) is 4.90 Å². The lowest BCUT2D eigenvalue weighted by atomic mass is 10.1. The smallest absolute Gasteiger partial charge is 0.289 e. The van der Waals surface area contributed by atoms with Gasteiger partial charge < -0.3 is 14.1 Å². The SMILES string of the molecule is O=C(c1ccc(CN2CCCCC2)o1)N1CCO[C@@H]2CCC[C@@H]21. The maximum Gasteiger partial charge on any atom is 0.289 e. The van der Waals surface area contributed by atoms with E-state index in [-0.39, 0.29) is 18.1 Å². The number of rotatable bonds is 3. The molecule has 1 aromatic heterocycles. The van der Waals surface area contributed by atoms with E-state index in [0.717, 1.165) is 44.7 Å². The number of nitrogens with zero attached hydrogens (tertiary/aromatic N) is 2. The molecule has 1 aliphatic carbocycles. The molecule has 2 saturated heterocycles. The van der Waals surface area contributed by atoms with E-state index in [1.807, 2.05) is 17.0 Å². The number of hydrogen-bond donors (Lipinski definition) is 0. The molecule has 0 unspecified atom stereocenters. The molecule has 1 saturated carbocycles. The number of morpholine rings is 1. The molecule has 1 amide bonds. The number of hydrogen-bond acceptors (Lipinski definition) is 4. The molecule has 3 heterocycles. The van der Waals surface area contributed by atoms with Gasteiger partial charge in [-0.1, -0.05) is 6.42 Å². The minimum atomic E-state index is 0.0371. The predicted octanol–water partition coefficient (Wildman–Crippen LogP) is 2.66. The Kier molecular flexibility index (Phi) is 4.40. The number of carbonyl (C=O) groups excluding carboxylic acids is 1. The van der Waals surface area contributed by atoms with Crippen molar-refractivity contribution in [3.8, 4) is 0 Å². The van der Waals surface area contributed by atoms with Gasteiger partial charge in [-0.05, 0) is 57.3 Å². The Morgan fingerprint density at radius 3 is 2.83 bits per heavy atom. The topological polar surface area (TPSA) is 45.9 Å². The van der Waals surface area contributed by atoms with Crippen molar-refractivity contribution in [1.29, 1.82) is 0 Å². The van der Waals surface area contributed by atoms with Gasteiger partial charge in [-0.25, -0.2) is 0 Å². The molecule has 2 aliphatic heterocycles. The first-order valence-electron chi connectivity index (χ1n) is 9.05. The Hall–Kier alpha value is -1.33. The average molecular weight is 318 g/mol. The molecule has 5 heteroatoms. The van der Waals surface area contributed by atoms with Crippen LogP contribution in [0.5, 0.6) is 0 Å². The van der Waals surface area contributed by atoms with E-state index in [1.54, 1.807) is 0 Å². The van der Waals surface area contributed by atoms with E-state index < -0.39 is 0 Å². The molecule has 1 aromatic rings. The standard InChI is InChI=1S/C18H26N2O3/c21-18(20-11-12-22-16-6-4-5-15(16)20)17-8-7-14(23-17)13-19-9-2-1-3-10-19/h7-8,15-16H,1-6,9-13H2/t15-,16+/m0/s1. The van der Waals surface area contributed by atoms with E-state index >= 15 is 0 Å². The van der Waals surface area contributed by atoms with Crippen molar-refractivity contribution in [3.05, 3.63) is 23.7 Å².